The second kappa shape index (κ2) is 7.83. The van der Waals surface area contributed by atoms with E-state index in [0.717, 1.165) is 43.6 Å². The average Bonchev–Trinajstić information content (AvgIpc) is 2.74. The van der Waals surface area contributed by atoms with Gasteiger partial charge in [0.2, 0.25) is 0 Å². The molecule has 2 atom stereocenters. The van der Waals surface area contributed by atoms with Crippen molar-refractivity contribution in [1.82, 2.24) is 4.90 Å². The number of esters is 1. The van der Waals surface area contributed by atoms with Crippen LogP contribution in [-0.2, 0) is 21.4 Å². The summed E-state index contributed by atoms with van der Waals surface area (Å²) in [5.74, 6) is 0.140. The molecule has 0 aliphatic carbocycles. The van der Waals surface area contributed by atoms with Gasteiger partial charge in [0.25, 0.3) is 0 Å². The van der Waals surface area contributed by atoms with Crippen LogP contribution < -0.4 is 0 Å². The van der Waals surface area contributed by atoms with Gasteiger partial charge in [0, 0.05) is 6.54 Å². The number of nitrogens with zero attached hydrogens (tertiary/aromatic N) is 1. The molecule has 1 N–H and O–H groups in total. The van der Waals surface area contributed by atoms with E-state index in [0.29, 0.717) is 12.3 Å². The highest BCUT2D eigenvalue weighted by Gasteiger charge is 2.45. The number of carbonyl (C=O) groups is 1. The average molecular weight is 365 g/mol. The summed E-state index contributed by atoms with van der Waals surface area (Å²) in [6, 6.07) is 19.4. The van der Waals surface area contributed by atoms with Crippen molar-refractivity contribution in [2.75, 3.05) is 26.2 Å². The third kappa shape index (κ3) is 3.64. The summed E-state index contributed by atoms with van der Waals surface area (Å²) in [7, 11) is 0. The Morgan fingerprint density at radius 2 is 1.67 bits per heavy atom. The summed E-state index contributed by atoms with van der Waals surface area (Å²) in [4.78, 5) is 15.8. The number of hydrogen-bond donors (Lipinski definition) is 1. The highest BCUT2D eigenvalue weighted by molar-refractivity contribution is 5.84. The van der Waals surface area contributed by atoms with Gasteiger partial charge in [-0.05, 0) is 49.4 Å². The number of fused-ring (bicyclic) bond motifs is 3. The summed E-state index contributed by atoms with van der Waals surface area (Å²) in [5, 5.41) is 10.4. The van der Waals surface area contributed by atoms with Crippen molar-refractivity contribution >= 4 is 5.97 Å². The number of benzene rings is 2. The molecule has 0 amide bonds. The molecule has 4 nitrogen and oxygen atoms in total. The van der Waals surface area contributed by atoms with Crippen molar-refractivity contribution in [2.24, 2.45) is 5.92 Å². The van der Waals surface area contributed by atoms with E-state index in [2.05, 4.69) is 4.90 Å². The van der Waals surface area contributed by atoms with E-state index in [1.807, 2.05) is 60.7 Å². The first-order valence-electron chi connectivity index (χ1n) is 9.85. The fraction of sp³-hybridized carbons (Fsp3) is 0.435. The molecule has 2 unspecified atom stereocenters. The predicted molar refractivity (Wildman–Crippen MR) is 104 cm³/mol. The highest BCUT2D eigenvalue weighted by atomic mass is 16.5. The van der Waals surface area contributed by atoms with Gasteiger partial charge in [0.05, 0.1) is 6.61 Å². The van der Waals surface area contributed by atoms with Gasteiger partial charge in [-0.3, -0.25) is 9.69 Å². The third-order valence-corrected chi connectivity index (χ3v) is 6.19. The van der Waals surface area contributed by atoms with Crippen LogP contribution in [0.2, 0.25) is 0 Å². The first-order chi connectivity index (χ1) is 13.2. The maximum Gasteiger partial charge on any atom is 0.319 e. The van der Waals surface area contributed by atoms with Crippen LogP contribution >= 0.6 is 0 Å². The van der Waals surface area contributed by atoms with Crippen LogP contribution in [-0.4, -0.2) is 48.3 Å². The van der Waals surface area contributed by atoms with E-state index < -0.39 is 5.41 Å². The Bertz CT molecular complexity index is 756. The van der Waals surface area contributed by atoms with Crippen molar-refractivity contribution in [3.63, 3.8) is 0 Å². The molecule has 0 radical (unpaired) electrons. The Kier molecular flexibility index (Phi) is 5.28. The van der Waals surface area contributed by atoms with Crippen LogP contribution in [0.3, 0.4) is 0 Å². The number of carbonyl (C=O) groups excluding carboxylic acids is 1. The monoisotopic (exact) mass is 365 g/mol. The van der Waals surface area contributed by atoms with Gasteiger partial charge in [0.1, 0.15) is 11.5 Å². The molecule has 3 aliphatic rings. The minimum atomic E-state index is -1.07. The van der Waals surface area contributed by atoms with E-state index in [4.69, 9.17) is 4.74 Å². The minimum absolute atomic E-state index is 0.0644. The lowest BCUT2D eigenvalue weighted by Gasteiger charge is -2.45. The van der Waals surface area contributed by atoms with Crippen molar-refractivity contribution in [3.8, 4) is 0 Å². The summed E-state index contributed by atoms with van der Waals surface area (Å²) >= 11 is 0. The molecule has 0 aromatic heterocycles. The normalized spacial score (nSPS) is 26.3. The minimum Gasteiger partial charge on any atom is -0.460 e. The zero-order valence-electron chi connectivity index (χ0n) is 15.6. The maximum absolute atomic E-state index is 13.4. The van der Waals surface area contributed by atoms with E-state index in [-0.39, 0.29) is 18.7 Å². The molecule has 2 aromatic carbocycles. The largest absolute Gasteiger partial charge is 0.460 e. The third-order valence-electron chi connectivity index (χ3n) is 6.19. The number of rotatable bonds is 6. The lowest BCUT2D eigenvalue weighted by atomic mass is 9.76. The molecular weight excluding hydrogens is 338 g/mol. The zero-order chi connectivity index (χ0) is 18.7. The van der Waals surface area contributed by atoms with Crippen LogP contribution in [0.5, 0.6) is 0 Å². The maximum atomic E-state index is 13.4. The summed E-state index contributed by atoms with van der Waals surface area (Å²) in [5.41, 5.74) is 0.748. The number of hydrogen-bond acceptors (Lipinski definition) is 4. The number of piperidine rings is 3. The van der Waals surface area contributed by atoms with Crippen LogP contribution in [0.1, 0.15) is 24.0 Å². The second-order valence-electron chi connectivity index (χ2n) is 7.85. The van der Waals surface area contributed by atoms with Crippen molar-refractivity contribution in [2.45, 2.75) is 30.8 Å². The number of ether oxygens (including phenoxy) is 1. The van der Waals surface area contributed by atoms with Gasteiger partial charge >= 0.3 is 5.97 Å². The zero-order valence-corrected chi connectivity index (χ0v) is 15.6. The first kappa shape index (κ1) is 18.2. The molecule has 3 aliphatic heterocycles. The van der Waals surface area contributed by atoms with Crippen LogP contribution in [0.25, 0.3) is 0 Å². The smallest absolute Gasteiger partial charge is 0.319 e. The van der Waals surface area contributed by atoms with Gasteiger partial charge < -0.3 is 9.84 Å². The van der Waals surface area contributed by atoms with Crippen molar-refractivity contribution < 1.29 is 14.6 Å². The SMILES string of the molecule is O=C(OC1CN2CCC1CC2)C(CO)(Cc1ccccc1)c1ccccc1. The Balaban J connectivity index is 1.63. The molecule has 3 heterocycles. The van der Waals surface area contributed by atoms with E-state index in [9.17, 15) is 9.90 Å². The predicted octanol–water partition coefficient (Wildman–Crippen LogP) is 2.80. The molecule has 0 spiro atoms. The molecule has 142 valence electrons. The Labute approximate surface area is 160 Å². The fourth-order valence-electron chi connectivity index (χ4n) is 4.50. The highest BCUT2D eigenvalue weighted by Crippen LogP contribution is 2.34. The molecule has 3 fully saturated rings. The van der Waals surface area contributed by atoms with Crippen molar-refractivity contribution in [3.05, 3.63) is 71.8 Å². The van der Waals surface area contributed by atoms with Gasteiger partial charge in [-0.1, -0.05) is 60.7 Å². The van der Waals surface area contributed by atoms with Crippen LogP contribution in [0.4, 0.5) is 0 Å². The lowest BCUT2D eigenvalue weighted by molar-refractivity contribution is -0.167. The Morgan fingerprint density at radius 1 is 1.04 bits per heavy atom. The molecular formula is C23H27NO3. The molecule has 0 saturated carbocycles. The molecule has 2 aromatic rings. The first-order valence-corrected chi connectivity index (χ1v) is 9.85. The molecule has 2 bridgehead atoms. The molecule has 4 heteroatoms. The van der Waals surface area contributed by atoms with E-state index in [1.165, 1.54) is 0 Å². The van der Waals surface area contributed by atoms with Gasteiger partial charge in [-0.25, -0.2) is 0 Å². The molecule has 5 rings (SSSR count). The second-order valence-corrected chi connectivity index (χ2v) is 7.85. The molecule has 27 heavy (non-hydrogen) atoms. The molecule has 3 saturated heterocycles. The topological polar surface area (TPSA) is 49.8 Å². The standard InChI is InChI=1S/C23H27NO3/c25-17-23(20-9-5-2-6-10-20,15-18-7-3-1-4-8-18)22(26)27-21-16-24-13-11-19(21)12-14-24/h1-10,19,21,25H,11-17H2. The number of aliphatic hydroxyl groups is 1. The lowest BCUT2D eigenvalue weighted by Crippen LogP contribution is -2.54. The van der Waals surface area contributed by atoms with Gasteiger partial charge in [0.15, 0.2) is 0 Å². The van der Waals surface area contributed by atoms with Crippen LogP contribution in [0, 0.1) is 5.92 Å². The quantitative estimate of drug-likeness (QED) is 0.800. The van der Waals surface area contributed by atoms with E-state index >= 15 is 0 Å². The van der Waals surface area contributed by atoms with Gasteiger partial charge in [-0.2, -0.15) is 0 Å². The van der Waals surface area contributed by atoms with Crippen LogP contribution in [0.15, 0.2) is 60.7 Å². The van der Waals surface area contributed by atoms with Gasteiger partial charge in [-0.15, -0.1) is 0 Å². The van der Waals surface area contributed by atoms with Crippen molar-refractivity contribution in [1.29, 1.82) is 0 Å². The summed E-state index contributed by atoms with van der Waals surface area (Å²) in [6.07, 6.45) is 2.54. The summed E-state index contributed by atoms with van der Waals surface area (Å²) in [6.45, 7) is 2.75. The number of aliphatic hydroxyl groups excluding tert-OH is 1. The van der Waals surface area contributed by atoms with E-state index in [1.54, 1.807) is 0 Å². The fourth-order valence-corrected chi connectivity index (χ4v) is 4.50. The summed E-state index contributed by atoms with van der Waals surface area (Å²) < 4.78 is 6.07. The Morgan fingerprint density at radius 3 is 2.22 bits per heavy atom. The Hall–Kier alpha value is -2.17.